The van der Waals surface area contributed by atoms with Crippen molar-refractivity contribution in [1.82, 2.24) is 25.8 Å². The van der Waals surface area contributed by atoms with Gasteiger partial charge in [0.05, 0.1) is 78.5 Å². The topological polar surface area (TPSA) is 221 Å². The second kappa shape index (κ2) is 27.2. The highest BCUT2D eigenvalue weighted by Gasteiger charge is 2.45. The van der Waals surface area contributed by atoms with Gasteiger partial charge in [0.2, 0.25) is 23.6 Å². The van der Waals surface area contributed by atoms with E-state index in [1.807, 2.05) is 18.2 Å². The smallest absolute Gasteiger partial charge is 0.410 e. The van der Waals surface area contributed by atoms with Crippen molar-refractivity contribution in [2.45, 2.75) is 134 Å². The van der Waals surface area contributed by atoms with Gasteiger partial charge >= 0.3 is 12.1 Å². The molecule has 4 N–H and O–H groups in total. The molecule has 2 fully saturated rings. The van der Waals surface area contributed by atoms with Crippen LogP contribution in [-0.4, -0.2) is 160 Å². The Morgan fingerprint density at radius 2 is 1.36 bits per heavy atom. The molecule has 0 spiro atoms. The average molecular weight is 904 g/mol. The molecule has 0 aromatic heterocycles. The highest BCUT2D eigenvalue weighted by Crippen LogP contribution is 2.32. The van der Waals surface area contributed by atoms with Crippen LogP contribution in [0.1, 0.15) is 109 Å². The molecule has 18 heteroatoms. The lowest BCUT2D eigenvalue weighted by Gasteiger charge is -2.36. The Balaban J connectivity index is 1.30. The number of nitrogens with zero attached hydrogens (tertiary/aromatic N) is 2. The molecule has 0 unspecified atom stereocenters. The number of ether oxygens (including phenoxy) is 6. The number of amides is 5. The largest absolute Gasteiger partial charge is 0.481 e. The maximum Gasteiger partial charge on any atom is 0.410 e. The van der Waals surface area contributed by atoms with Gasteiger partial charge in [-0.3, -0.25) is 28.9 Å². The Hall–Kier alpha value is -4.36. The Labute approximate surface area is 378 Å². The van der Waals surface area contributed by atoms with Crippen molar-refractivity contribution < 1.29 is 62.3 Å². The van der Waals surface area contributed by atoms with Crippen molar-refractivity contribution in [3.8, 4) is 0 Å². The summed E-state index contributed by atoms with van der Waals surface area (Å²) in [5, 5.41) is 17.8. The number of likely N-dealkylation sites (tertiary alicyclic amines) is 1. The van der Waals surface area contributed by atoms with Crippen LogP contribution in [0, 0.1) is 5.92 Å². The van der Waals surface area contributed by atoms with Gasteiger partial charge in [0.15, 0.2) is 0 Å². The Kier molecular flexibility index (Phi) is 22.2. The maximum absolute atomic E-state index is 14.8. The molecule has 18 nitrogen and oxygen atoms in total. The van der Waals surface area contributed by atoms with Crippen LogP contribution in [0.5, 0.6) is 0 Å². The van der Waals surface area contributed by atoms with E-state index in [1.165, 1.54) is 22.4 Å². The number of rotatable bonds is 26. The number of benzene rings is 1. The molecule has 2 aliphatic carbocycles. The van der Waals surface area contributed by atoms with E-state index in [4.69, 9.17) is 33.5 Å². The molecule has 3 aliphatic rings. The summed E-state index contributed by atoms with van der Waals surface area (Å²) in [4.78, 5) is 82.2. The summed E-state index contributed by atoms with van der Waals surface area (Å²) in [6.07, 6.45) is 6.45. The fourth-order valence-electron chi connectivity index (χ4n) is 8.18. The van der Waals surface area contributed by atoms with Crippen LogP contribution in [0.25, 0.3) is 0 Å². The zero-order valence-electron chi connectivity index (χ0n) is 38.6. The van der Waals surface area contributed by atoms with E-state index in [9.17, 15) is 28.8 Å². The van der Waals surface area contributed by atoms with E-state index in [1.54, 1.807) is 27.7 Å². The fourth-order valence-corrected chi connectivity index (χ4v) is 8.18. The monoisotopic (exact) mass is 904 g/mol. The summed E-state index contributed by atoms with van der Waals surface area (Å²) >= 11 is 0. The van der Waals surface area contributed by atoms with Crippen LogP contribution in [-0.2, 0) is 58.8 Å². The number of hydrogen-bond acceptors (Lipinski definition) is 12. The van der Waals surface area contributed by atoms with Crippen molar-refractivity contribution in [3.05, 3.63) is 35.4 Å². The third-order valence-corrected chi connectivity index (χ3v) is 11.7. The molecule has 1 aromatic rings. The molecule has 5 amide bonds. The van der Waals surface area contributed by atoms with Crippen LogP contribution in [0.15, 0.2) is 24.3 Å². The normalized spacial score (nSPS) is 19.8. The van der Waals surface area contributed by atoms with Crippen LogP contribution in [0.4, 0.5) is 4.79 Å². The summed E-state index contributed by atoms with van der Waals surface area (Å²) in [7, 11) is 1.49. The molecule has 5 atom stereocenters. The quantitative estimate of drug-likeness (QED) is 0.0980. The number of hydrogen-bond donors (Lipinski definition) is 4. The summed E-state index contributed by atoms with van der Waals surface area (Å²) < 4.78 is 32.6. The number of nitrogens with one attached hydrogen (secondary N) is 3. The number of aryl methyl sites for hydroxylation is 1. The Morgan fingerprint density at radius 3 is 1.95 bits per heavy atom. The molecule has 1 saturated heterocycles. The van der Waals surface area contributed by atoms with Gasteiger partial charge in [-0.2, -0.15) is 0 Å². The lowest BCUT2D eigenvalue weighted by Crippen LogP contribution is -2.59. The molecule has 360 valence electrons. The molecule has 1 heterocycles. The predicted molar refractivity (Wildman–Crippen MR) is 235 cm³/mol. The molecular weight excluding hydrogens is 831 g/mol. The summed E-state index contributed by atoms with van der Waals surface area (Å²) in [6, 6.07) is 4.55. The minimum absolute atomic E-state index is 0.0413. The first-order chi connectivity index (χ1) is 30.6. The predicted octanol–water partition coefficient (Wildman–Crippen LogP) is 3.53. The summed E-state index contributed by atoms with van der Waals surface area (Å²) in [5.74, 6) is -2.55. The summed E-state index contributed by atoms with van der Waals surface area (Å²) in [5.41, 5.74) is 1.49. The van der Waals surface area contributed by atoms with Crippen molar-refractivity contribution in [2.24, 2.45) is 5.92 Å². The number of likely N-dealkylation sites (N-methyl/N-ethyl adjacent to an activating group) is 1. The lowest BCUT2D eigenvalue weighted by atomic mass is 9.83. The molecule has 64 heavy (non-hydrogen) atoms. The number of aliphatic carboxylic acids is 1. The van der Waals surface area contributed by atoms with E-state index >= 15 is 0 Å². The van der Waals surface area contributed by atoms with Gasteiger partial charge in [0.25, 0.3) is 0 Å². The first-order valence-corrected chi connectivity index (χ1v) is 23.0. The average Bonchev–Trinajstić information content (AvgIpc) is 3.69. The first kappa shape index (κ1) is 52.3. The van der Waals surface area contributed by atoms with E-state index in [0.717, 1.165) is 56.9 Å². The van der Waals surface area contributed by atoms with Gasteiger partial charge in [0.1, 0.15) is 23.7 Å². The maximum atomic E-state index is 14.8. The summed E-state index contributed by atoms with van der Waals surface area (Å²) in [6.45, 7) is 9.94. The number of carboxylic acid groups (broad SMARTS) is 1. The molecular formula is C46H73N5O13. The molecule has 1 aliphatic heterocycles. The fraction of sp³-hybridized carbons (Fsp3) is 0.739. The number of fused-ring (bicyclic) bond motifs is 1. The third kappa shape index (κ3) is 17.9. The molecule has 1 saturated carbocycles. The number of carboxylic acids is 1. The second-order valence-electron chi connectivity index (χ2n) is 17.8. The highest BCUT2D eigenvalue weighted by molar-refractivity contribution is 5.94. The highest BCUT2D eigenvalue weighted by atomic mass is 16.6. The van der Waals surface area contributed by atoms with Gasteiger partial charge in [-0.05, 0) is 83.3 Å². The number of carbonyl (C=O) groups excluding carboxylic acids is 5. The van der Waals surface area contributed by atoms with Crippen LogP contribution >= 0.6 is 0 Å². The van der Waals surface area contributed by atoms with E-state index in [0.29, 0.717) is 46.2 Å². The first-order valence-electron chi connectivity index (χ1n) is 23.0. The SMILES string of the molecule is C[C@@H](C(=O)N[C@H](C(=O)N1C[C@@H](NC(=O)CCOCCOCCOCCOCCOCCC(=O)O)C[C@H]1C(=O)N[C@@H]1CCCc2ccccc21)C1CCCCC1)N(C)C(=O)OC(C)(C)C. The zero-order valence-corrected chi connectivity index (χ0v) is 38.6. The van der Waals surface area contributed by atoms with E-state index in [2.05, 4.69) is 22.0 Å². The van der Waals surface area contributed by atoms with Crippen molar-refractivity contribution >= 4 is 35.7 Å². The number of carbonyl (C=O) groups is 6. The van der Waals surface area contributed by atoms with Gasteiger partial charge in [0, 0.05) is 26.1 Å². The van der Waals surface area contributed by atoms with Crippen molar-refractivity contribution in [3.63, 3.8) is 0 Å². The van der Waals surface area contributed by atoms with Crippen LogP contribution in [0.2, 0.25) is 0 Å². The van der Waals surface area contributed by atoms with Crippen molar-refractivity contribution in [1.29, 1.82) is 0 Å². The van der Waals surface area contributed by atoms with E-state index < -0.39 is 47.7 Å². The second-order valence-corrected chi connectivity index (χ2v) is 17.8. The lowest BCUT2D eigenvalue weighted by molar-refractivity contribution is -0.143. The van der Waals surface area contributed by atoms with Crippen LogP contribution < -0.4 is 16.0 Å². The molecule has 0 bridgehead atoms. The van der Waals surface area contributed by atoms with Gasteiger partial charge < -0.3 is 54.4 Å². The minimum Gasteiger partial charge on any atom is -0.481 e. The van der Waals surface area contributed by atoms with Gasteiger partial charge in [-0.15, -0.1) is 0 Å². The third-order valence-electron chi connectivity index (χ3n) is 11.7. The minimum atomic E-state index is -0.943. The Morgan fingerprint density at radius 1 is 0.781 bits per heavy atom. The van der Waals surface area contributed by atoms with Gasteiger partial charge in [-0.25, -0.2) is 4.79 Å². The zero-order chi connectivity index (χ0) is 46.5. The molecule has 1 aromatic carbocycles. The van der Waals surface area contributed by atoms with Crippen LogP contribution in [0.3, 0.4) is 0 Å². The van der Waals surface area contributed by atoms with Gasteiger partial charge in [-0.1, -0.05) is 43.5 Å². The standard InChI is InChI=1S/C46H73N5O13/c1-32(50(5)45(58)64-46(2,3)4)42(55)49-41(34-13-7-6-8-14-34)44(57)51-31-35(30-38(51)43(56)48-37-17-11-15-33-12-9-10-16-36(33)37)47-39(52)18-20-59-22-24-61-26-28-63-29-27-62-25-23-60-21-19-40(53)54/h9-10,12,16,32,34-35,37-38,41H,6-8,11,13-15,17-31H2,1-5H3,(H,47,52)(H,48,56)(H,49,55)(H,53,54)/t32-,35-,37+,38-,41-/m0/s1. The molecule has 0 radical (unpaired) electrons. The van der Waals surface area contributed by atoms with Crippen molar-refractivity contribution in [2.75, 3.05) is 79.7 Å². The molecule has 4 rings (SSSR count). The Bertz CT molecular complexity index is 1650. The van der Waals surface area contributed by atoms with E-state index in [-0.39, 0.29) is 75.3 Å².